The number of hydrazine groups is 1. The minimum absolute atomic E-state index is 0.287. The predicted molar refractivity (Wildman–Crippen MR) is 85.4 cm³/mol. The second kappa shape index (κ2) is 7.35. The van der Waals surface area contributed by atoms with E-state index in [1.165, 1.54) is 7.11 Å². The van der Waals surface area contributed by atoms with Gasteiger partial charge >= 0.3 is 0 Å². The molecule has 0 atom stereocenters. The van der Waals surface area contributed by atoms with E-state index in [4.69, 9.17) is 38.5 Å². The highest BCUT2D eigenvalue weighted by Gasteiger charge is 2.10. The van der Waals surface area contributed by atoms with Crippen molar-refractivity contribution in [2.24, 2.45) is 5.84 Å². The molecule has 0 bridgehead atoms. The Morgan fingerprint density at radius 2 is 1.91 bits per heavy atom. The highest BCUT2D eigenvalue weighted by Crippen LogP contribution is 2.29. The van der Waals surface area contributed by atoms with Crippen LogP contribution in [0.1, 0.15) is 15.9 Å². The van der Waals surface area contributed by atoms with Crippen LogP contribution in [-0.2, 0) is 6.61 Å². The minimum atomic E-state index is -0.408. The Bertz CT molecular complexity index is 692. The molecule has 7 heteroatoms. The van der Waals surface area contributed by atoms with E-state index < -0.39 is 5.91 Å². The fourth-order valence-corrected chi connectivity index (χ4v) is 2.12. The molecule has 116 valence electrons. The Labute approximate surface area is 137 Å². The summed E-state index contributed by atoms with van der Waals surface area (Å²) < 4.78 is 10.9. The molecule has 0 spiro atoms. The normalized spacial score (nSPS) is 10.2. The van der Waals surface area contributed by atoms with Crippen LogP contribution in [0.2, 0.25) is 10.0 Å². The molecule has 1 amide bonds. The van der Waals surface area contributed by atoms with Crippen molar-refractivity contribution in [1.29, 1.82) is 0 Å². The molecule has 2 aromatic carbocycles. The highest BCUT2D eigenvalue weighted by atomic mass is 35.5. The van der Waals surface area contributed by atoms with Crippen molar-refractivity contribution < 1.29 is 14.3 Å². The third kappa shape index (κ3) is 3.82. The number of nitrogens with one attached hydrogen (secondary N) is 1. The largest absolute Gasteiger partial charge is 0.493 e. The number of methoxy groups -OCH3 is 1. The quantitative estimate of drug-likeness (QED) is 0.498. The smallest absolute Gasteiger partial charge is 0.265 e. The number of rotatable bonds is 5. The third-order valence-electron chi connectivity index (χ3n) is 2.94. The molecular weight excluding hydrogens is 327 g/mol. The van der Waals surface area contributed by atoms with Gasteiger partial charge in [0.05, 0.1) is 17.2 Å². The molecule has 2 aromatic rings. The lowest BCUT2D eigenvalue weighted by Gasteiger charge is -2.12. The molecule has 0 saturated heterocycles. The number of hydrogen-bond acceptors (Lipinski definition) is 4. The van der Waals surface area contributed by atoms with Gasteiger partial charge < -0.3 is 9.47 Å². The molecule has 0 aromatic heterocycles. The summed E-state index contributed by atoms with van der Waals surface area (Å²) >= 11 is 11.8. The SMILES string of the molecule is COc1cc(C(=O)NN)ccc1OCc1ccc(Cl)c(Cl)c1. The van der Waals surface area contributed by atoms with Crippen LogP contribution < -0.4 is 20.7 Å². The van der Waals surface area contributed by atoms with Crippen molar-refractivity contribution in [3.05, 3.63) is 57.6 Å². The second-order valence-corrected chi connectivity index (χ2v) is 5.19. The van der Waals surface area contributed by atoms with Crippen LogP contribution in [0.25, 0.3) is 0 Å². The summed E-state index contributed by atoms with van der Waals surface area (Å²) in [6.07, 6.45) is 0. The molecule has 0 aliphatic carbocycles. The summed E-state index contributed by atoms with van der Waals surface area (Å²) in [5, 5.41) is 0.949. The van der Waals surface area contributed by atoms with E-state index in [0.717, 1.165) is 5.56 Å². The molecule has 0 radical (unpaired) electrons. The molecule has 0 fully saturated rings. The highest BCUT2D eigenvalue weighted by molar-refractivity contribution is 6.42. The van der Waals surface area contributed by atoms with E-state index in [9.17, 15) is 4.79 Å². The van der Waals surface area contributed by atoms with Crippen molar-refractivity contribution >= 4 is 29.1 Å². The summed E-state index contributed by atoms with van der Waals surface area (Å²) in [5.74, 6) is 5.63. The fourth-order valence-electron chi connectivity index (χ4n) is 1.80. The molecule has 3 N–H and O–H groups in total. The maximum atomic E-state index is 11.5. The van der Waals surface area contributed by atoms with Crippen LogP contribution in [0.4, 0.5) is 0 Å². The first-order valence-electron chi connectivity index (χ1n) is 6.31. The lowest BCUT2D eigenvalue weighted by Crippen LogP contribution is -2.29. The number of hydrogen-bond donors (Lipinski definition) is 2. The van der Waals surface area contributed by atoms with E-state index in [1.807, 2.05) is 6.07 Å². The first kappa shape index (κ1) is 16.4. The summed E-state index contributed by atoms with van der Waals surface area (Å²) in [6.45, 7) is 0.287. The van der Waals surface area contributed by atoms with Crippen LogP contribution in [0.3, 0.4) is 0 Å². The number of amides is 1. The van der Waals surface area contributed by atoms with Crippen molar-refractivity contribution in [2.75, 3.05) is 7.11 Å². The van der Waals surface area contributed by atoms with Crippen LogP contribution in [0, 0.1) is 0 Å². The Morgan fingerprint density at radius 3 is 2.55 bits per heavy atom. The average molecular weight is 341 g/mol. The van der Waals surface area contributed by atoms with Gasteiger partial charge in [0.2, 0.25) is 0 Å². The number of ether oxygens (including phenoxy) is 2. The third-order valence-corrected chi connectivity index (χ3v) is 3.67. The van der Waals surface area contributed by atoms with Gasteiger partial charge in [0.25, 0.3) is 5.91 Å². The van der Waals surface area contributed by atoms with Gasteiger partial charge in [-0.1, -0.05) is 29.3 Å². The zero-order valence-electron chi connectivity index (χ0n) is 11.7. The Kier molecular flexibility index (Phi) is 5.49. The van der Waals surface area contributed by atoms with Gasteiger partial charge in [0.1, 0.15) is 6.61 Å². The minimum Gasteiger partial charge on any atom is -0.493 e. The molecular formula is C15H14Cl2N2O3. The molecule has 0 aliphatic heterocycles. The molecule has 0 saturated carbocycles. The zero-order chi connectivity index (χ0) is 16.1. The van der Waals surface area contributed by atoms with E-state index in [-0.39, 0.29) is 6.61 Å². The number of benzene rings is 2. The van der Waals surface area contributed by atoms with E-state index in [0.29, 0.717) is 27.1 Å². The molecule has 0 heterocycles. The summed E-state index contributed by atoms with van der Waals surface area (Å²) in [5.41, 5.74) is 3.30. The van der Waals surface area contributed by atoms with E-state index in [2.05, 4.69) is 5.43 Å². The predicted octanol–water partition coefficient (Wildman–Crippen LogP) is 3.18. The van der Waals surface area contributed by atoms with Gasteiger partial charge in [-0.15, -0.1) is 0 Å². The van der Waals surface area contributed by atoms with E-state index in [1.54, 1.807) is 30.3 Å². The molecule has 0 aliphatic rings. The Morgan fingerprint density at radius 1 is 1.14 bits per heavy atom. The lowest BCUT2D eigenvalue weighted by atomic mass is 10.2. The Hall–Kier alpha value is -1.95. The van der Waals surface area contributed by atoms with Crippen LogP contribution >= 0.6 is 23.2 Å². The molecule has 2 rings (SSSR count). The van der Waals surface area contributed by atoms with E-state index >= 15 is 0 Å². The maximum absolute atomic E-state index is 11.5. The summed E-state index contributed by atoms with van der Waals surface area (Å²) in [6, 6.07) is 10.0. The first-order chi connectivity index (χ1) is 10.5. The Balaban J connectivity index is 2.15. The number of nitrogens with two attached hydrogens (primary N) is 1. The average Bonchev–Trinajstić information content (AvgIpc) is 2.55. The van der Waals surface area contributed by atoms with Gasteiger partial charge in [-0.05, 0) is 35.9 Å². The number of carbonyl (C=O) groups excluding carboxylic acids is 1. The van der Waals surface area contributed by atoms with Crippen molar-refractivity contribution in [3.8, 4) is 11.5 Å². The first-order valence-corrected chi connectivity index (χ1v) is 7.06. The molecule has 5 nitrogen and oxygen atoms in total. The van der Waals surface area contributed by atoms with Crippen molar-refractivity contribution in [2.45, 2.75) is 6.61 Å². The lowest BCUT2D eigenvalue weighted by molar-refractivity contribution is 0.0953. The topological polar surface area (TPSA) is 73.6 Å². The van der Waals surface area contributed by atoms with Crippen LogP contribution in [-0.4, -0.2) is 13.0 Å². The standard InChI is InChI=1S/C15H14Cl2N2O3/c1-21-14-7-10(15(20)19-18)3-5-13(14)22-8-9-2-4-11(16)12(17)6-9/h2-7H,8,18H2,1H3,(H,19,20). The maximum Gasteiger partial charge on any atom is 0.265 e. The monoisotopic (exact) mass is 340 g/mol. The molecule has 22 heavy (non-hydrogen) atoms. The van der Waals surface area contributed by atoms with Gasteiger partial charge in [-0.2, -0.15) is 0 Å². The second-order valence-electron chi connectivity index (χ2n) is 4.38. The summed E-state index contributed by atoms with van der Waals surface area (Å²) in [4.78, 5) is 11.5. The number of carbonyl (C=O) groups is 1. The number of nitrogen functional groups attached to an aromatic ring is 1. The van der Waals surface area contributed by atoms with Gasteiger partial charge in [0.15, 0.2) is 11.5 Å². The van der Waals surface area contributed by atoms with Crippen molar-refractivity contribution in [1.82, 2.24) is 5.43 Å². The zero-order valence-corrected chi connectivity index (χ0v) is 13.2. The van der Waals surface area contributed by atoms with Gasteiger partial charge in [-0.3, -0.25) is 10.2 Å². The number of halogens is 2. The van der Waals surface area contributed by atoms with Gasteiger partial charge in [-0.25, -0.2) is 5.84 Å². The fraction of sp³-hybridized carbons (Fsp3) is 0.133. The van der Waals surface area contributed by atoms with Crippen LogP contribution in [0.5, 0.6) is 11.5 Å². The van der Waals surface area contributed by atoms with Gasteiger partial charge in [0, 0.05) is 5.56 Å². The van der Waals surface area contributed by atoms with Crippen LogP contribution in [0.15, 0.2) is 36.4 Å². The van der Waals surface area contributed by atoms with Crippen molar-refractivity contribution in [3.63, 3.8) is 0 Å². The summed E-state index contributed by atoms with van der Waals surface area (Å²) in [7, 11) is 1.49. The molecule has 0 unspecified atom stereocenters.